The number of rotatable bonds is 6. The second-order valence-corrected chi connectivity index (χ2v) is 4.83. The summed E-state index contributed by atoms with van der Waals surface area (Å²) in [5, 5.41) is 2.71. The van der Waals surface area contributed by atoms with Gasteiger partial charge in [0.2, 0.25) is 5.91 Å². The van der Waals surface area contributed by atoms with Crippen molar-refractivity contribution in [3.8, 4) is 5.75 Å². The van der Waals surface area contributed by atoms with Crippen molar-refractivity contribution < 1.29 is 9.53 Å². The standard InChI is InChI=1S/C14H20ClNO2/c1-10(2)12-6-4-5-7-13(12)18-11(3)9-16-14(17)8-15/h4-7,10-11H,8-9H2,1-3H3,(H,16,17). The topological polar surface area (TPSA) is 38.3 Å². The van der Waals surface area contributed by atoms with Crippen molar-refractivity contribution in [1.82, 2.24) is 5.32 Å². The van der Waals surface area contributed by atoms with E-state index in [2.05, 4.69) is 25.2 Å². The highest BCUT2D eigenvalue weighted by atomic mass is 35.5. The lowest BCUT2D eigenvalue weighted by molar-refractivity contribution is -0.119. The molecule has 0 spiro atoms. The Morgan fingerprint density at radius 3 is 2.61 bits per heavy atom. The summed E-state index contributed by atoms with van der Waals surface area (Å²) in [5.41, 5.74) is 1.17. The maximum absolute atomic E-state index is 11.0. The van der Waals surface area contributed by atoms with Crippen LogP contribution in [0.2, 0.25) is 0 Å². The lowest BCUT2D eigenvalue weighted by Crippen LogP contribution is -2.34. The van der Waals surface area contributed by atoms with Crippen LogP contribution in [0, 0.1) is 0 Å². The van der Waals surface area contributed by atoms with Crippen molar-refractivity contribution in [3.05, 3.63) is 29.8 Å². The number of hydrogen-bond acceptors (Lipinski definition) is 2. The zero-order chi connectivity index (χ0) is 13.5. The van der Waals surface area contributed by atoms with Crippen molar-refractivity contribution in [2.24, 2.45) is 0 Å². The maximum Gasteiger partial charge on any atom is 0.235 e. The molecular weight excluding hydrogens is 250 g/mol. The summed E-state index contributed by atoms with van der Waals surface area (Å²) in [6, 6.07) is 7.96. The first-order valence-corrected chi connectivity index (χ1v) is 6.66. The summed E-state index contributed by atoms with van der Waals surface area (Å²) in [6.45, 7) is 6.63. The van der Waals surface area contributed by atoms with Gasteiger partial charge >= 0.3 is 0 Å². The monoisotopic (exact) mass is 269 g/mol. The number of nitrogens with one attached hydrogen (secondary N) is 1. The molecule has 1 N–H and O–H groups in total. The molecule has 0 aromatic heterocycles. The third-order valence-electron chi connectivity index (χ3n) is 2.58. The Labute approximate surface area is 113 Å². The minimum Gasteiger partial charge on any atom is -0.489 e. The molecule has 3 nitrogen and oxygen atoms in total. The molecule has 0 bridgehead atoms. The first-order valence-electron chi connectivity index (χ1n) is 6.12. The number of amides is 1. The smallest absolute Gasteiger partial charge is 0.235 e. The van der Waals surface area contributed by atoms with Gasteiger partial charge in [-0.25, -0.2) is 0 Å². The maximum atomic E-state index is 11.0. The Morgan fingerprint density at radius 2 is 2.00 bits per heavy atom. The molecule has 1 amide bonds. The predicted octanol–water partition coefficient (Wildman–Crippen LogP) is 2.93. The van der Waals surface area contributed by atoms with E-state index < -0.39 is 0 Å². The molecule has 0 saturated heterocycles. The van der Waals surface area contributed by atoms with Crippen LogP contribution in [0.5, 0.6) is 5.75 Å². The first-order chi connectivity index (χ1) is 8.54. The van der Waals surface area contributed by atoms with Gasteiger partial charge in [-0.05, 0) is 24.5 Å². The van der Waals surface area contributed by atoms with Crippen molar-refractivity contribution in [3.63, 3.8) is 0 Å². The van der Waals surface area contributed by atoms with Gasteiger partial charge < -0.3 is 10.1 Å². The Bertz CT molecular complexity index is 393. The van der Waals surface area contributed by atoms with Crippen LogP contribution in [0.3, 0.4) is 0 Å². The summed E-state index contributed by atoms with van der Waals surface area (Å²) < 4.78 is 5.84. The lowest BCUT2D eigenvalue weighted by atomic mass is 10.0. The molecule has 1 rings (SSSR count). The van der Waals surface area contributed by atoms with Gasteiger partial charge in [0.05, 0.1) is 6.54 Å². The Balaban J connectivity index is 2.58. The minimum atomic E-state index is -0.177. The summed E-state index contributed by atoms with van der Waals surface area (Å²) in [7, 11) is 0. The molecule has 18 heavy (non-hydrogen) atoms. The number of halogens is 1. The molecule has 4 heteroatoms. The molecule has 0 aliphatic heterocycles. The second-order valence-electron chi connectivity index (χ2n) is 4.56. The first kappa shape index (κ1) is 14.8. The van der Waals surface area contributed by atoms with Crippen molar-refractivity contribution in [2.45, 2.75) is 32.8 Å². The second kappa shape index (κ2) is 7.27. The van der Waals surface area contributed by atoms with Crippen LogP contribution in [0.25, 0.3) is 0 Å². The van der Waals surface area contributed by atoms with Gasteiger partial charge in [-0.2, -0.15) is 0 Å². The lowest BCUT2D eigenvalue weighted by Gasteiger charge is -2.19. The van der Waals surface area contributed by atoms with E-state index in [-0.39, 0.29) is 17.9 Å². The average Bonchev–Trinajstić information content (AvgIpc) is 2.36. The van der Waals surface area contributed by atoms with Crippen molar-refractivity contribution in [2.75, 3.05) is 12.4 Å². The largest absolute Gasteiger partial charge is 0.489 e. The highest BCUT2D eigenvalue weighted by Gasteiger charge is 2.11. The molecule has 1 atom stereocenters. The van der Waals surface area contributed by atoms with E-state index in [9.17, 15) is 4.79 Å². The SMILES string of the molecule is CC(CNC(=O)CCl)Oc1ccccc1C(C)C. The highest BCUT2D eigenvalue weighted by Crippen LogP contribution is 2.26. The Kier molecular flexibility index (Phi) is 5.99. The zero-order valence-corrected chi connectivity index (χ0v) is 11.8. The van der Waals surface area contributed by atoms with Gasteiger partial charge in [-0.15, -0.1) is 11.6 Å². The summed E-state index contributed by atoms with van der Waals surface area (Å²) >= 11 is 5.41. The number of carbonyl (C=O) groups is 1. The number of para-hydroxylation sites is 1. The number of ether oxygens (including phenoxy) is 1. The van der Waals surface area contributed by atoms with Gasteiger partial charge in [-0.3, -0.25) is 4.79 Å². The van der Waals surface area contributed by atoms with Crippen LogP contribution < -0.4 is 10.1 Å². The van der Waals surface area contributed by atoms with Gasteiger partial charge in [-0.1, -0.05) is 32.0 Å². The molecule has 0 aliphatic rings. The van der Waals surface area contributed by atoms with E-state index in [1.807, 2.05) is 25.1 Å². The molecule has 0 fully saturated rings. The minimum absolute atomic E-state index is 0.0186. The number of benzene rings is 1. The van der Waals surface area contributed by atoms with Gasteiger partial charge in [0.15, 0.2) is 0 Å². The van der Waals surface area contributed by atoms with Crippen molar-refractivity contribution >= 4 is 17.5 Å². The van der Waals surface area contributed by atoms with E-state index in [1.54, 1.807) is 0 Å². The van der Waals surface area contributed by atoms with E-state index in [0.717, 1.165) is 5.75 Å². The van der Waals surface area contributed by atoms with E-state index in [0.29, 0.717) is 12.5 Å². The van der Waals surface area contributed by atoms with Crippen molar-refractivity contribution in [1.29, 1.82) is 0 Å². The van der Waals surface area contributed by atoms with E-state index >= 15 is 0 Å². The molecule has 0 radical (unpaired) electrons. The zero-order valence-electron chi connectivity index (χ0n) is 11.1. The fourth-order valence-electron chi connectivity index (χ4n) is 1.63. The molecule has 1 aromatic carbocycles. The molecule has 0 aliphatic carbocycles. The highest BCUT2D eigenvalue weighted by molar-refractivity contribution is 6.27. The van der Waals surface area contributed by atoms with Gasteiger partial charge in [0, 0.05) is 0 Å². The van der Waals surface area contributed by atoms with Gasteiger partial charge in [0.25, 0.3) is 0 Å². The molecule has 100 valence electrons. The number of carbonyl (C=O) groups excluding carboxylic acids is 1. The molecule has 1 unspecified atom stereocenters. The normalized spacial score (nSPS) is 12.3. The predicted molar refractivity (Wildman–Crippen MR) is 74.4 cm³/mol. The molecule has 0 heterocycles. The van der Waals surface area contributed by atoms with Crippen LogP contribution in [-0.2, 0) is 4.79 Å². The Hall–Kier alpha value is -1.22. The quantitative estimate of drug-likeness (QED) is 0.807. The Morgan fingerprint density at radius 1 is 1.33 bits per heavy atom. The van der Waals surface area contributed by atoms with Crippen LogP contribution in [0.1, 0.15) is 32.3 Å². The third-order valence-corrected chi connectivity index (χ3v) is 2.82. The molecule has 0 saturated carbocycles. The summed E-state index contributed by atoms with van der Waals surface area (Å²) in [4.78, 5) is 11.0. The summed E-state index contributed by atoms with van der Waals surface area (Å²) in [5.74, 6) is 1.09. The van der Waals surface area contributed by atoms with E-state index in [1.165, 1.54) is 5.56 Å². The number of alkyl halides is 1. The van der Waals surface area contributed by atoms with Gasteiger partial charge in [0.1, 0.15) is 17.7 Å². The van der Waals surface area contributed by atoms with Crippen LogP contribution >= 0.6 is 11.6 Å². The molecular formula is C14H20ClNO2. The van der Waals surface area contributed by atoms with E-state index in [4.69, 9.17) is 16.3 Å². The fraction of sp³-hybridized carbons (Fsp3) is 0.500. The fourth-order valence-corrected chi connectivity index (χ4v) is 1.72. The third kappa shape index (κ3) is 4.57. The van der Waals surface area contributed by atoms with Crippen LogP contribution in [0.4, 0.5) is 0 Å². The van der Waals surface area contributed by atoms with Crippen LogP contribution in [-0.4, -0.2) is 24.4 Å². The average molecular weight is 270 g/mol. The van der Waals surface area contributed by atoms with Crippen LogP contribution in [0.15, 0.2) is 24.3 Å². The summed E-state index contributed by atoms with van der Waals surface area (Å²) in [6.07, 6.45) is -0.0860. The number of hydrogen-bond donors (Lipinski definition) is 1. The molecule has 1 aromatic rings.